The molecular formula is C14H19ClN2O. The molecule has 0 N–H and O–H groups in total. The number of carbonyl (C=O) groups excluding carboxylic acids is 1. The van der Waals surface area contributed by atoms with Crippen molar-refractivity contribution in [2.75, 3.05) is 13.1 Å². The quantitative estimate of drug-likeness (QED) is 0.730. The van der Waals surface area contributed by atoms with Crippen LogP contribution in [-0.2, 0) is 0 Å². The maximum atomic E-state index is 12.3. The fraction of sp³-hybridized carbons (Fsp3) is 0.571. The second-order valence-electron chi connectivity index (χ2n) is 5.66. The van der Waals surface area contributed by atoms with Gasteiger partial charge in [-0.2, -0.15) is 0 Å². The Balaban J connectivity index is 2.10. The molecule has 98 valence electrons. The standard InChI is InChI=1S/C14H19ClN2O/c1-14(2)7-4-9-17(10-8-14)13(18)11-5-3-6-12(15)16-11/h3,5-6H,4,7-10H2,1-2H3. The number of nitrogens with zero attached hydrogens (tertiary/aromatic N) is 2. The Morgan fingerprint density at radius 3 is 2.83 bits per heavy atom. The first-order chi connectivity index (χ1) is 8.48. The summed E-state index contributed by atoms with van der Waals surface area (Å²) in [5, 5.41) is 0.371. The molecule has 0 bridgehead atoms. The highest BCUT2D eigenvalue weighted by Crippen LogP contribution is 2.30. The maximum Gasteiger partial charge on any atom is 0.272 e. The fourth-order valence-corrected chi connectivity index (χ4v) is 2.48. The van der Waals surface area contributed by atoms with Crippen molar-refractivity contribution < 1.29 is 4.79 Å². The van der Waals surface area contributed by atoms with Crippen LogP contribution in [0.15, 0.2) is 18.2 Å². The normalized spacial score (nSPS) is 19.4. The van der Waals surface area contributed by atoms with Crippen LogP contribution in [0.25, 0.3) is 0 Å². The number of likely N-dealkylation sites (tertiary alicyclic amines) is 1. The van der Waals surface area contributed by atoms with Gasteiger partial charge in [-0.3, -0.25) is 4.79 Å². The van der Waals surface area contributed by atoms with Crippen LogP contribution >= 0.6 is 11.6 Å². The van der Waals surface area contributed by atoms with Crippen molar-refractivity contribution in [3.05, 3.63) is 29.0 Å². The average molecular weight is 267 g/mol. The summed E-state index contributed by atoms with van der Waals surface area (Å²) in [5.41, 5.74) is 0.777. The van der Waals surface area contributed by atoms with Crippen LogP contribution in [0.3, 0.4) is 0 Å². The Hall–Kier alpha value is -1.09. The third-order valence-electron chi connectivity index (χ3n) is 3.56. The summed E-state index contributed by atoms with van der Waals surface area (Å²) in [5.74, 6) is -0.00444. The monoisotopic (exact) mass is 266 g/mol. The summed E-state index contributed by atoms with van der Waals surface area (Å²) in [6.45, 7) is 6.15. The average Bonchev–Trinajstić information content (AvgIpc) is 2.49. The highest BCUT2D eigenvalue weighted by atomic mass is 35.5. The SMILES string of the molecule is CC1(C)CCCN(C(=O)c2cccc(Cl)n2)CC1. The molecule has 1 aromatic heterocycles. The summed E-state index contributed by atoms with van der Waals surface area (Å²) in [6.07, 6.45) is 3.26. The molecule has 1 aliphatic heterocycles. The van der Waals surface area contributed by atoms with E-state index in [1.165, 1.54) is 6.42 Å². The molecule has 3 nitrogen and oxygen atoms in total. The Morgan fingerprint density at radius 1 is 1.33 bits per heavy atom. The van der Waals surface area contributed by atoms with Crippen LogP contribution in [0.4, 0.5) is 0 Å². The van der Waals surface area contributed by atoms with Gasteiger partial charge in [-0.05, 0) is 36.8 Å². The molecule has 0 aromatic carbocycles. The van der Waals surface area contributed by atoms with Crippen molar-refractivity contribution in [2.24, 2.45) is 5.41 Å². The number of halogens is 1. The van der Waals surface area contributed by atoms with Crippen LogP contribution in [0.5, 0.6) is 0 Å². The number of carbonyl (C=O) groups is 1. The van der Waals surface area contributed by atoms with Crippen LogP contribution in [0, 0.1) is 5.41 Å². The zero-order valence-corrected chi connectivity index (χ0v) is 11.7. The van der Waals surface area contributed by atoms with Crippen molar-refractivity contribution in [1.29, 1.82) is 0 Å². The van der Waals surface area contributed by atoms with Crippen molar-refractivity contribution in [1.82, 2.24) is 9.88 Å². The predicted molar refractivity (Wildman–Crippen MR) is 72.8 cm³/mol. The smallest absolute Gasteiger partial charge is 0.272 e. The minimum absolute atomic E-state index is 0.00444. The second-order valence-corrected chi connectivity index (χ2v) is 6.04. The molecular weight excluding hydrogens is 248 g/mol. The van der Waals surface area contributed by atoms with Gasteiger partial charge in [0.2, 0.25) is 0 Å². The lowest BCUT2D eigenvalue weighted by Crippen LogP contribution is -2.33. The molecule has 4 heteroatoms. The summed E-state index contributed by atoms with van der Waals surface area (Å²) in [6, 6.07) is 5.18. The first-order valence-electron chi connectivity index (χ1n) is 6.40. The van der Waals surface area contributed by atoms with Crippen LogP contribution < -0.4 is 0 Å². The zero-order valence-electron chi connectivity index (χ0n) is 10.9. The molecule has 18 heavy (non-hydrogen) atoms. The lowest BCUT2D eigenvalue weighted by Gasteiger charge is -2.23. The molecule has 1 fully saturated rings. The van der Waals surface area contributed by atoms with E-state index in [1.54, 1.807) is 18.2 Å². The largest absolute Gasteiger partial charge is 0.337 e. The van der Waals surface area contributed by atoms with Gasteiger partial charge < -0.3 is 4.90 Å². The molecule has 2 heterocycles. The third-order valence-corrected chi connectivity index (χ3v) is 3.77. The lowest BCUT2D eigenvalue weighted by atomic mass is 9.85. The number of hydrogen-bond donors (Lipinski definition) is 0. The molecule has 1 amide bonds. The minimum Gasteiger partial charge on any atom is -0.337 e. The van der Waals surface area contributed by atoms with E-state index in [0.29, 0.717) is 16.3 Å². The van der Waals surface area contributed by atoms with E-state index in [9.17, 15) is 4.79 Å². The summed E-state index contributed by atoms with van der Waals surface area (Å²) in [7, 11) is 0. The van der Waals surface area contributed by atoms with Gasteiger partial charge in [-0.1, -0.05) is 31.5 Å². The van der Waals surface area contributed by atoms with Crippen molar-refractivity contribution >= 4 is 17.5 Å². The van der Waals surface area contributed by atoms with Crippen LogP contribution in [0.2, 0.25) is 5.15 Å². The molecule has 0 radical (unpaired) electrons. The molecule has 2 rings (SSSR count). The van der Waals surface area contributed by atoms with Gasteiger partial charge in [0, 0.05) is 13.1 Å². The van der Waals surface area contributed by atoms with E-state index in [0.717, 1.165) is 25.9 Å². The number of hydrogen-bond acceptors (Lipinski definition) is 2. The van der Waals surface area contributed by atoms with Gasteiger partial charge in [0.1, 0.15) is 10.8 Å². The number of pyridine rings is 1. The molecule has 0 spiro atoms. The second kappa shape index (κ2) is 5.27. The Kier molecular flexibility index (Phi) is 3.91. The van der Waals surface area contributed by atoms with Crippen LogP contribution in [0.1, 0.15) is 43.6 Å². The highest BCUT2D eigenvalue weighted by Gasteiger charge is 2.26. The van der Waals surface area contributed by atoms with Gasteiger partial charge in [0.15, 0.2) is 0 Å². The maximum absolute atomic E-state index is 12.3. The summed E-state index contributed by atoms with van der Waals surface area (Å²) < 4.78 is 0. The van der Waals surface area contributed by atoms with E-state index in [2.05, 4.69) is 18.8 Å². The van der Waals surface area contributed by atoms with Crippen LogP contribution in [-0.4, -0.2) is 28.9 Å². The van der Waals surface area contributed by atoms with Gasteiger partial charge in [-0.15, -0.1) is 0 Å². The molecule has 0 unspecified atom stereocenters. The van der Waals surface area contributed by atoms with Crippen molar-refractivity contribution in [3.8, 4) is 0 Å². The number of rotatable bonds is 1. The van der Waals surface area contributed by atoms with E-state index in [4.69, 9.17) is 11.6 Å². The Labute approximate surface area is 113 Å². The van der Waals surface area contributed by atoms with Gasteiger partial charge in [0.25, 0.3) is 5.91 Å². The number of amides is 1. The first-order valence-corrected chi connectivity index (χ1v) is 6.78. The summed E-state index contributed by atoms with van der Waals surface area (Å²) >= 11 is 5.82. The Bertz CT molecular complexity index is 445. The first kappa shape index (κ1) is 13.3. The fourth-order valence-electron chi connectivity index (χ4n) is 2.32. The zero-order chi connectivity index (χ0) is 13.2. The van der Waals surface area contributed by atoms with Gasteiger partial charge in [0.05, 0.1) is 0 Å². The molecule has 0 saturated carbocycles. The topological polar surface area (TPSA) is 33.2 Å². The molecule has 1 aliphatic rings. The predicted octanol–water partition coefficient (Wildman–Crippen LogP) is 3.39. The third kappa shape index (κ3) is 3.22. The van der Waals surface area contributed by atoms with Gasteiger partial charge in [-0.25, -0.2) is 4.98 Å². The molecule has 0 aliphatic carbocycles. The van der Waals surface area contributed by atoms with E-state index in [1.807, 2.05) is 4.90 Å². The summed E-state index contributed by atoms with van der Waals surface area (Å²) in [4.78, 5) is 18.3. The van der Waals surface area contributed by atoms with E-state index >= 15 is 0 Å². The van der Waals surface area contributed by atoms with Crippen molar-refractivity contribution in [2.45, 2.75) is 33.1 Å². The van der Waals surface area contributed by atoms with Gasteiger partial charge >= 0.3 is 0 Å². The molecule has 1 aromatic rings. The number of aromatic nitrogens is 1. The minimum atomic E-state index is -0.00444. The lowest BCUT2D eigenvalue weighted by molar-refractivity contribution is 0.0751. The molecule has 1 saturated heterocycles. The molecule has 0 atom stereocenters. The van der Waals surface area contributed by atoms with Crippen molar-refractivity contribution in [3.63, 3.8) is 0 Å². The highest BCUT2D eigenvalue weighted by molar-refractivity contribution is 6.29. The van der Waals surface area contributed by atoms with E-state index < -0.39 is 0 Å². The Morgan fingerprint density at radius 2 is 2.11 bits per heavy atom. The van der Waals surface area contributed by atoms with E-state index in [-0.39, 0.29) is 5.91 Å².